The molecule has 2 unspecified atom stereocenters. The summed E-state index contributed by atoms with van der Waals surface area (Å²) in [5.74, 6) is 0.426. The summed E-state index contributed by atoms with van der Waals surface area (Å²) in [7, 11) is 1.37. The number of carbonyl (C=O) groups is 1. The van der Waals surface area contributed by atoms with Crippen LogP contribution < -0.4 is 5.32 Å². The summed E-state index contributed by atoms with van der Waals surface area (Å²) >= 11 is 1.92. The third-order valence-corrected chi connectivity index (χ3v) is 4.54. The first-order valence-corrected chi connectivity index (χ1v) is 7.45. The van der Waals surface area contributed by atoms with E-state index in [9.17, 15) is 4.79 Å². The molecule has 0 bridgehead atoms. The van der Waals surface area contributed by atoms with Crippen molar-refractivity contribution in [3.63, 3.8) is 0 Å². The second kappa shape index (κ2) is 6.29. The molecule has 2 atom stereocenters. The fraction of sp³-hybridized carbons (Fsp3) is 0.615. The van der Waals surface area contributed by atoms with Crippen molar-refractivity contribution < 1.29 is 13.9 Å². The van der Waals surface area contributed by atoms with Crippen LogP contribution in [0.2, 0.25) is 0 Å². The van der Waals surface area contributed by atoms with Crippen LogP contribution in [0.15, 0.2) is 16.7 Å². The smallest absolute Gasteiger partial charge is 0.341 e. The van der Waals surface area contributed by atoms with Gasteiger partial charge in [-0.1, -0.05) is 6.42 Å². The van der Waals surface area contributed by atoms with E-state index in [0.29, 0.717) is 23.4 Å². The highest BCUT2D eigenvalue weighted by molar-refractivity contribution is 7.99. The Kier molecular flexibility index (Phi) is 4.72. The Morgan fingerprint density at radius 2 is 2.44 bits per heavy atom. The molecule has 1 heterocycles. The molecule has 5 heteroatoms. The normalized spacial score (nSPS) is 23.2. The van der Waals surface area contributed by atoms with Crippen LogP contribution in [0.5, 0.6) is 0 Å². The van der Waals surface area contributed by atoms with Crippen LogP contribution in [0.3, 0.4) is 0 Å². The van der Waals surface area contributed by atoms with E-state index in [1.807, 2.05) is 11.8 Å². The molecule has 100 valence electrons. The van der Waals surface area contributed by atoms with Crippen LogP contribution in [0.4, 0.5) is 0 Å². The van der Waals surface area contributed by atoms with Gasteiger partial charge in [0, 0.05) is 11.3 Å². The average molecular weight is 269 g/mol. The van der Waals surface area contributed by atoms with E-state index >= 15 is 0 Å². The third-order valence-electron chi connectivity index (χ3n) is 3.37. The third kappa shape index (κ3) is 3.09. The number of esters is 1. The van der Waals surface area contributed by atoms with E-state index in [1.165, 1.54) is 32.6 Å². The first-order chi connectivity index (χ1) is 8.74. The summed E-state index contributed by atoms with van der Waals surface area (Å²) in [6.07, 6.45) is 7.39. The number of carbonyl (C=O) groups excluding carboxylic acids is 1. The highest BCUT2D eigenvalue weighted by Crippen LogP contribution is 2.28. The highest BCUT2D eigenvalue weighted by Gasteiger charge is 2.26. The number of hydrogen-bond donors (Lipinski definition) is 1. The predicted molar refractivity (Wildman–Crippen MR) is 71.8 cm³/mol. The predicted octanol–water partition coefficient (Wildman–Crippen LogP) is 2.44. The zero-order chi connectivity index (χ0) is 13.0. The minimum absolute atomic E-state index is 0.354. The maximum absolute atomic E-state index is 11.3. The van der Waals surface area contributed by atoms with E-state index in [4.69, 9.17) is 4.42 Å². The molecule has 0 saturated heterocycles. The van der Waals surface area contributed by atoms with E-state index in [2.05, 4.69) is 16.3 Å². The summed E-state index contributed by atoms with van der Waals surface area (Å²) in [5, 5.41) is 4.20. The minimum Gasteiger partial charge on any atom is -0.467 e. The monoisotopic (exact) mass is 269 g/mol. The first kappa shape index (κ1) is 13.5. The van der Waals surface area contributed by atoms with Gasteiger partial charge in [0.2, 0.25) is 0 Å². The number of hydrogen-bond acceptors (Lipinski definition) is 5. The summed E-state index contributed by atoms with van der Waals surface area (Å²) in [4.78, 5) is 11.3. The van der Waals surface area contributed by atoms with E-state index in [-0.39, 0.29) is 5.97 Å². The van der Waals surface area contributed by atoms with Gasteiger partial charge in [0.05, 0.1) is 19.2 Å². The zero-order valence-electron chi connectivity index (χ0n) is 10.8. The lowest BCUT2D eigenvalue weighted by Gasteiger charge is -2.18. The van der Waals surface area contributed by atoms with Crippen molar-refractivity contribution in [2.75, 3.05) is 13.4 Å². The van der Waals surface area contributed by atoms with Gasteiger partial charge < -0.3 is 14.5 Å². The fourth-order valence-corrected chi connectivity index (χ4v) is 3.33. The topological polar surface area (TPSA) is 51.5 Å². The standard InChI is InChI=1S/C13H19NO3S/c1-16-13(15)9-6-10(17-8-9)7-14-11-4-3-5-12(11)18-2/h6,8,11-12,14H,3-5,7H2,1-2H3. The molecule has 4 nitrogen and oxygen atoms in total. The molecule has 1 aliphatic rings. The molecule has 0 aromatic carbocycles. The van der Waals surface area contributed by atoms with Crippen molar-refractivity contribution in [3.8, 4) is 0 Å². The Labute approximate surface area is 111 Å². The lowest BCUT2D eigenvalue weighted by molar-refractivity contribution is 0.0600. The van der Waals surface area contributed by atoms with Crippen LogP contribution in [0.1, 0.15) is 35.4 Å². The van der Waals surface area contributed by atoms with Gasteiger partial charge in [0.1, 0.15) is 12.0 Å². The average Bonchev–Trinajstić information content (AvgIpc) is 3.03. The van der Waals surface area contributed by atoms with Crippen LogP contribution >= 0.6 is 11.8 Å². The maximum atomic E-state index is 11.3. The Balaban J connectivity index is 1.86. The van der Waals surface area contributed by atoms with Crippen molar-refractivity contribution in [1.82, 2.24) is 5.32 Å². The molecule has 0 radical (unpaired) electrons. The molecule has 1 aliphatic carbocycles. The maximum Gasteiger partial charge on any atom is 0.341 e. The number of ether oxygens (including phenoxy) is 1. The van der Waals surface area contributed by atoms with Crippen molar-refractivity contribution in [2.24, 2.45) is 0 Å². The second-order valence-corrected chi connectivity index (χ2v) is 5.56. The lowest BCUT2D eigenvalue weighted by atomic mass is 10.2. The largest absolute Gasteiger partial charge is 0.467 e. The zero-order valence-corrected chi connectivity index (χ0v) is 11.6. The molecule has 1 saturated carbocycles. The van der Waals surface area contributed by atoms with Crippen molar-refractivity contribution in [2.45, 2.75) is 37.1 Å². The number of methoxy groups -OCH3 is 1. The highest BCUT2D eigenvalue weighted by atomic mass is 32.2. The van der Waals surface area contributed by atoms with Crippen molar-refractivity contribution in [1.29, 1.82) is 0 Å². The Hall–Kier alpha value is -0.940. The molecule has 1 aromatic heterocycles. The molecule has 0 aliphatic heterocycles. The molecular weight excluding hydrogens is 250 g/mol. The summed E-state index contributed by atoms with van der Waals surface area (Å²) in [5.41, 5.74) is 0.474. The molecule has 2 rings (SSSR count). The number of furan rings is 1. The summed E-state index contributed by atoms with van der Waals surface area (Å²) < 4.78 is 9.99. The van der Waals surface area contributed by atoms with Gasteiger partial charge in [-0.15, -0.1) is 0 Å². The van der Waals surface area contributed by atoms with Crippen molar-refractivity contribution in [3.05, 3.63) is 23.7 Å². The summed E-state index contributed by atoms with van der Waals surface area (Å²) in [6, 6.07) is 2.29. The number of rotatable bonds is 5. The van der Waals surface area contributed by atoms with E-state index in [0.717, 1.165) is 5.76 Å². The number of nitrogens with one attached hydrogen (secondary N) is 1. The van der Waals surface area contributed by atoms with Crippen LogP contribution in [0.25, 0.3) is 0 Å². The van der Waals surface area contributed by atoms with E-state index < -0.39 is 0 Å². The summed E-state index contributed by atoms with van der Waals surface area (Å²) in [6.45, 7) is 0.665. The van der Waals surface area contributed by atoms with Crippen LogP contribution in [-0.4, -0.2) is 30.6 Å². The fourth-order valence-electron chi connectivity index (χ4n) is 2.37. The van der Waals surface area contributed by atoms with Gasteiger partial charge in [-0.05, 0) is 25.2 Å². The van der Waals surface area contributed by atoms with Gasteiger partial charge in [-0.2, -0.15) is 11.8 Å². The van der Waals surface area contributed by atoms with Gasteiger partial charge in [0.15, 0.2) is 0 Å². The van der Waals surface area contributed by atoms with E-state index in [1.54, 1.807) is 6.07 Å². The molecule has 18 heavy (non-hydrogen) atoms. The SMILES string of the molecule is COC(=O)c1coc(CNC2CCCC2SC)c1. The lowest BCUT2D eigenvalue weighted by Crippen LogP contribution is -2.33. The quantitative estimate of drug-likeness (QED) is 0.832. The molecule has 1 fully saturated rings. The second-order valence-electron chi connectivity index (χ2n) is 4.49. The minimum atomic E-state index is -0.354. The Morgan fingerprint density at radius 1 is 1.61 bits per heavy atom. The molecule has 1 aromatic rings. The van der Waals surface area contributed by atoms with Gasteiger partial charge in [0.25, 0.3) is 0 Å². The van der Waals surface area contributed by atoms with Crippen molar-refractivity contribution >= 4 is 17.7 Å². The molecule has 0 spiro atoms. The molecule has 1 N–H and O–H groups in total. The molecule has 0 amide bonds. The van der Waals surface area contributed by atoms with Crippen LogP contribution in [0, 0.1) is 0 Å². The Morgan fingerprint density at radius 3 is 3.17 bits per heavy atom. The Bertz CT molecular complexity index is 405. The number of thioether (sulfide) groups is 1. The van der Waals surface area contributed by atoms with Gasteiger partial charge in [-0.3, -0.25) is 0 Å². The molecular formula is C13H19NO3S. The van der Waals surface area contributed by atoms with Gasteiger partial charge >= 0.3 is 5.97 Å². The van der Waals surface area contributed by atoms with Crippen LogP contribution in [-0.2, 0) is 11.3 Å². The first-order valence-electron chi connectivity index (χ1n) is 6.16. The van der Waals surface area contributed by atoms with Gasteiger partial charge in [-0.25, -0.2) is 4.79 Å².